The van der Waals surface area contributed by atoms with Crippen molar-refractivity contribution < 1.29 is 0 Å². The predicted molar refractivity (Wildman–Crippen MR) is 65.2 cm³/mol. The SMILES string of the molecule is CC1CCC(Cl)=C(CN2CCNCC2)C1. The number of halogens is 1. The van der Waals surface area contributed by atoms with Crippen molar-refractivity contribution in [2.24, 2.45) is 5.92 Å². The second kappa shape index (κ2) is 5.33. The van der Waals surface area contributed by atoms with E-state index < -0.39 is 0 Å². The summed E-state index contributed by atoms with van der Waals surface area (Å²) in [5, 5.41) is 4.53. The Kier molecular flexibility index (Phi) is 4.06. The molecule has 0 bridgehead atoms. The molecule has 1 aliphatic carbocycles. The number of nitrogens with one attached hydrogen (secondary N) is 1. The van der Waals surface area contributed by atoms with Gasteiger partial charge >= 0.3 is 0 Å². The van der Waals surface area contributed by atoms with Gasteiger partial charge in [-0.25, -0.2) is 0 Å². The van der Waals surface area contributed by atoms with Crippen LogP contribution in [0.2, 0.25) is 0 Å². The summed E-state index contributed by atoms with van der Waals surface area (Å²) >= 11 is 6.30. The van der Waals surface area contributed by atoms with Crippen LogP contribution < -0.4 is 5.32 Å². The van der Waals surface area contributed by atoms with Crippen LogP contribution in [-0.4, -0.2) is 37.6 Å². The molecule has 1 unspecified atom stereocenters. The largest absolute Gasteiger partial charge is 0.314 e. The van der Waals surface area contributed by atoms with Crippen LogP contribution in [0.15, 0.2) is 10.6 Å². The molecule has 1 aliphatic heterocycles. The fourth-order valence-electron chi connectivity index (χ4n) is 2.47. The van der Waals surface area contributed by atoms with E-state index in [0.29, 0.717) is 0 Å². The van der Waals surface area contributed by atoms with Gasteiger partial charge in [-0.05, 0) is 30.8 Å². The van der Waals surface area contributed by atoms with E-state index in [1.807, 2.05) is 0 Å². The van der Waals surface area contributed by atoms with E-state index in [2.05, 4.69) is 17.1 Å². The quantitative estimate of drug-likeness (QED) is 0.780. The lowest BCUT2D eigenvalue weighted by molar-refractivity contribution is 0.253. The molecule has 1 heterocycles. The second-order valence-corrected chi connectivity index (χ2v) is 5.34. The van der Waals surface area contributed by atoms with Gasteiger partial charge in [-0.3, -0.25) is 4.90 Å². The van der Waals surface area contributed by atoms with Gasteiger partial charge < -0.3 is 5.32 Å². The molecule has 2 nitrogen and oxygen atoms in total. The molecule has 1 fully saturated rings. The highest BCUT2D eigenvalue weighted by Gasteiger charge is 2.19. The lowest BCUT2D eigenvalue weighted by atomic mass is 9.90. The standard InChI is InChI=1S/C12H21ClN2/c1-10-2-3-12(13)11(8-10)9-15-6-4-14-5-7-15/h10,14H,2-9H2,1H3. The zero-order chi connectivity index (χ0) is 10.7. The van der Waals surface area contributed by atoms with Crippen molar-refractivity contribution in [2.45, 2.75) is 26.2 Å². The van der Waals surface area contributed by atoms with Crippen LogP contribution in [0.4, 0.5) is 0 Å². The van der Waals surface area contributed by atoms with Crippen molar-refractivity contribution in [2.75, 3.05) is 32.7 Å². The fourth-order valence-corrected chi connectivity index (χ4v) is 2.72. The molecule has 0 aromatic rings. The Hall–Kier alpha value is -0.0500. The van der Waals surface area contributed by atoms with Gasteiger partial charge in [0, 0.05) is 37.8 Å². The molecule has 15 heavy (non-hydrogen) atoms. The van der Waals surface area contributed by atoms with Gasteiger partial charge in [0.15, 0.2) is 0 Å². The molecule has 1 N–H and O–H groups in total. The molecule has 0 saturated carbocycles. The zero-order valence-corrected chi connectivity index (χ0v) is 10.3. The average molecular weight is 229 g/mol. The third-order valence-corrected chi connectivity index (χ3v) is 3.92. The van der Waals surface area contributed by atoms with Crippen LogP contribution in [0.3, 0.4) is 0 Å². The summed E-state index contributed by atoms with van der Waals surface area (Å²) in [6.45, 7) is 8.02. The Morgan fingerprint density at radius 1 is 1.40 bits per heavy atom. The first-order valence-corrected chi connectivity index (χ1v) is 6.43. The van der Waals surface area contributed by atoms with Crippen LogP contribution in [0, 0.1) is 5.92 Å². The Bertz CT molecular complexity index is 244. The van der Waals surface area contributed by atoms with Gasteiger partial charge in [0.25, 0.3) is 0 Å². The molecule has 86 valence electrons. The first-order chi connectivity index (χ1) is 7.25. The van der Waals surface area contributed by atoms with Crippen LogP contribution in [0.25, 0.3) is 0 Å². The maximum atomic E-state index is 6.30. The van der Waals surface area contributed by atoms with Gasteiger partial charge in [-0.2, -0.15) is 0 Å². The summed E-state index contributed by atoms with van der Waals surface area (Å²) in [5.41, 5.74) is 1.50. The number of rotatable bonds is 2. The normalized spacial score (nSPS) is 29.6. The summed E-state index contributed by atoms with van der Waals surface area (Å²) in [4.78, 5) is 2.52. The predicted octanol–water partition coefficient (Wildman–Crippen LogP) is 2.20. The van der Waals surface area contributed by atoms with Gasteiger partial charge in [-0.1, -0.05) is 18.5 Å². The van der Waals surface area contributed by atoms with E-state index in [1.54, 1.807) is 0 Å². The van der Waals surface area contributed by atoms with Crippen molar-refractivity contribution >= 4 is 11.6 Å². The van der Waals surface area contributed by atoms with Crippen molar-refractivity contribution in [3.63, 3.8) is 0 Å². The number of hydrogen-bond acceptors (Lipinski definition) is 2. The molecule has 0 radical (unpaired) electrons. The number of piperazine rings is 1. The number of nitrogens with zero attached hydrogens (tertiary/aromatic N) is 1. The minimum Gasteiger partial charge on any atom is -0.314 e. The van der Waals surface area contributed by atoms with E-state index in [1.165, 1.54) is 31.5 Å². The third kappa shape index (κ3) is 3.20. The van der Waals surface area contributed by atoms with Gasteiger partial charge in [0.2, 0.25) is 0 Å². The van der Waals surface area contributed by atoms with Crippen LogP contribution in [0.1, 0.15) is 26.2 Å². The maximum Gasteiger partial charge on any atom is 0.0208 e. The Balaban J connectivity index is 1.91. The van der Waals surface area contributed by atoms with Gasteiger partial charge in [-0.15, -0.1) is 0 Å². The van der Waals surface area contributed by atoms with E-state index in [9.17, 15) is 0 Å². The number of allylic oxidation sites excluding steroid dienone is 1. The van der Waals surface area contributed by atoms with E-state index in [4.69, 9.17) is 11.6 Å². The van der Waals surface area contributed by atoms with Crippen LogP contribution in [-0.2, 0) is 0 Å². The summed E-state index contributed by atoms with van der Waals surface area (Å²) in [6, 6.07) is 0. The molecule has 0 aromatic heterocycles. The van der Waals surface area contributed by atoms with Crippen LogP contribution >= 0.6 is 11.6 Å². The summed E-state index contributed by atoms with van der Waals surface area (Å²) < 4.78 is 0. The summed E-state index contributed by atoms with van der Waals surface area (Å²) in [6.07, 6.45) is 3.58. The molecule has 1 saturated heterocycles. The number of hydrogen-bond donors (Lipinski definition) is 1. The van der Waals surface area contributed by atoms with E-state index in [-0.39, 0.29) is 0 Å². The van der Waals surface area contributed by atoms with Gasteiger partial charge in [0.05, 0.1) is 0 Å². The Labute approximate surface area is 97.7 Å². The third-order valence-electron chi connectivity index (χ3n) is 3.46. The smallest absolute Gasteiger partial charge is 0.0208 e. The van der Waals surface area contributed by atoms with E-state index >= 15 is 0 Å². The van der Waals surface area contributed by atoms with Crippen molar-refractivity contribution in [3.05, 3.63) is 10.6 Å². The average Bonchev–Trinajstić information content (AvgIpc) is 2.25. The molecule has 1 atom stereocenters. The molecule has 0 spiro atoms. The molecule has 2 rings (SSSR count). The first-order valence-electron chi connectivity index (χ1n) is 6.05. The second-order valence-electron chi connectivity index (χ2n) is 4.88. The zero-order valence-electron chi connectivity index (χ0n) is 9.56. The minimum absolute atomic E-state index is 0.824. The highest BCUT2D eigenvalue weighted by atomic mass is 35.5. The van der Waals surface area contributed by atoms with Crippen molar-refractivity contribution in [3.8, 4) is 0 Å². The maximum absolute atomic E-state index is 6.30. The molecule has 0 amide bonds. The molecule has 0 aromatic carbocycles. The summed E-state index contributed by atoms with van der Waals surface area (Å²) in [5.74, 6) is 0.824. The topological polar surface area (TPSA) is 15.3 Å². The monoisotopic (exact) mass is 228 g/mol. The molecular weight excluding hydrogens is 208 g/mol. The first kappa shape index (κ1) is 11.4. The lowest BCUT2D eigenvalue weighted by Crippen LogP contribution is -2.44. The molecular formula is C12H21ClN2. The summed E-state index contributed by atoms with van der Waals surface area (Å²) in [7, 11) is 0. The Morgan fingerprint density at radius 3 is 2.87 bits per heavy atom. The van der Waals surface area contributed by atoms with Crippen LogP contribution in [0.5, 0.6) is 0 Å². The van der Waals surface area contributed by atoms with Crippen molar-refractivity contribution in [1.29, 1.82) is 0 Å². The Morgan fingerprint density at radius 2 is 2.13 bits per heavy atom. The van der Waals surface area contributed by atoms with Crippen molar-refractivity contribution in [1.82, 2.24) is 10.2 Å². The fraction of sp³-hybridized carbons (Fsp3) is 0.833. The highest BCUT2D eigenvalue weighted by molar-refractivity contribution is 6.30. The van der Waals surface area contributed by atoms with E-state index in [0.717, 1.165) is 37.0 Å². The lowest BCUT2D eigenvalue weighted by Gasteiger charge is -2.31. The highest BCUT2D eigenvalue weighted by Crippen LogP contribution is 2.31. The minimum atomic E-state index is 0.824. The van der Waals surface area contributed by atoms with Gasteiger partial charge in [0.1, 0.15) is 0 Å². The molecule has 2 aliphatic rings. The molecule has 3 heteroatoms.